The van der Waals surface area contributed by atoms with E-state index in [1.54, 1.807) is 4.73 Å². The van der Waals surface area contributed by atoms with Crippen LogP contribution in [0.1, 0.15) is 11.1 Å². The maximum Gasteiger partial charge on any atom is 0.158 e. The van der Waals surface area contributed by atoms with Crippen molar-refractivity contribution >= 4 is 0 Å². The Kier molecular flexibility index (Phi) is 2.27. The molecule has 0 unspecified atom stereocenters. The fourth-order valence-electron chi connectivity index (χ4n) is 1.32. The third kappa shape index (κ3) is 1.64. The van der Waals surface area contributed by atoms with Gasteiger partial charge in [0, 0.05) is 12.4 Å². The Bertz CT molecular complexity index is 418. The quantitative estimate of drug-likeness (QED) is 0.705. The molecule has 0 aliphatic rings. The van der Waals surface area contributed by atoms with Gasteiger partial charge in [-0.1, -0.05) is 12.1 Å². The predicted octanol–water partition coefficient (Wildman–Crippen LogP) is 2.95. The van der Waals surface area contributed by atoms with Crippen molar-refractivity contribution in [1.82, 2.24) is 4.73 Å². The van der Waals surface area contributed by atoms with Crippen LogP contribution in [0.5, 0.6) is 5.75 Å². The molecule has 2 aromatic rings. The van der Waals surface area contributed by atoms with Gasteiger partial charge in [0.15, 0.2) is 5.75 Å². The van der Waals surface area contributed by atoms with E-state index in [1.165, 1.54) is 11.1 Å². The van der Waals surface area contributed by atoms with Gasteiger partial charge >= 0.3 is 0 Å². The van der Waals surface area contributed by atoms with Crippen LogP contribution in [0.15, 0.2) is 42.7 Å². The van der Waals surface area contributed by atoms with Gasteiger partial charge in [-0.15, -0.1) is 0 Å². The molecule has 0 bridgehead atoms. The molecular weight excluding hydrogens is 174 g/mol. The average molecular weight is 187 g/mol. The molecule has 0 atom stereocenters. The summed E-state index contributed by atoms with van der Waals surface area (Å²) in [6, 6.07) is 9.93. The van der Waals surface area contributed by atoms with Crippen LogP contribution in [0.2, 0.25) is 0 Å². The van der Waals surface area contributed by atoms with Crippen LogP contribution in [0.25, 0.3) is 0 Å². The molecule has 2 heteroatoms. The van der Waals surface area contributed by atoms with E-state index in [-0.39, 0.29) is 0 Å². The largest absolute Gasteiger partial charge is 0.376 e. The van der Waals surface area contributed by atoms with Crippen LogP contribution in [0.4, 0.5) is 0 Å². The summed E-state index contributed by atoms with van der Waals surface area (Å²) in [7, 11) is 0. The SMILES string of the molecule is Cc1cccc(On2cccc2)c1C. The van der Waals surface area contributed by atoms with Crippen LogP contribution >= 0.6 is 0 Å². The van der Waals surface area contributed by atoms with E-state index in [1.807, 2.05) is 36.7 Å². The normalized spacial score (nSPS) is 10.1. The highest BCUT2D eigenvalue weighted by atomic mass is 16.7. The van der Waals surface area contributed by atoms with Gasteiger partial charge in [-0.3, -0.25) is 0 Å². The molecule has 0 saturated heterocycles. The van der Waals surface area contributed by atoms with Crippen molar-refractivity contribution in [3.8, 4) is 5.75 Å². The molecule has 0 fully saturated rings. The molecule has 0 aliphatic carbocycles. The fourth-order valence-corrected chi connectivity index (χ4v) is 1.32. The molecular formula is C12H13NO. The lowest BCUT2D eigenvalue weighted by molar-refractivity contribution is 0.215. The molecule has 2 rings (SSSR count). The molecule has 1 heterocycles. The van der Waals surface area contributed by atoms with Crippen molar-refractivity contribution in [1.29, 1.82) is 0 Å². The highest BCUT2D eigenvalue weighted by Gasteiger charge is 2.01. The number of nitrogens with zero attached hydrogens (tertiary/aromatic N) is 1. The van der Waals surface area contributed by atoms with Crippen molar-refractivity contribution in [3.05, 3.63) is 53.9 Å². The smallest absolute Gasteiger partial charge is 0.158 e. The van der Waals surface area contributed by atoms with Crippen molar-refractivity contribution in [2.75, 3.05) is 0 Å². The Morgan fingerprint density at radius 3 is 2.43 bits per heavy atom. The first kappa shape index (κ1) is 8.88. The van der Waals surface area contributed by atoms with Crippen LogP contribution in [-0.2, 0) is 0 Å². The van der Waals surface area contributed by atoms with Crippen LogP contribution in [0.3, 0.4) is 0 Å². The van der Waals surface area contributed by atoms with E-state index in [0.717, 1.165) is 5.75 Å². The Balaban J connectivity index is 2.29. The zero-order valence-electron chi connectivity index (χ0n) is 8.40. The first-order valence-corrected chi connectivity index (χ1v) is 4.65. The summed E-state index contributed by atoms with van der Waals surface area (Å²) >= 11 is 0. The molecule has 0 radical (unpaired) electrons. The van der Waals surface area contributed by atoms with E-state index >= 15 is 0 Å². The summed E-state index contributed by atoms with van der Waals surface area (Å²) in [5.74, 6) is 0.904. The molecule has 14 heavy (non-hydrogen) atoms. The number of hydrogen-bond acceptors (Lipinski definition) is 1. The molecule has 0 aliphatic heterocycles. The molecule has 2 nitrogen and oxygen atoms in total. The Morgan fingerprint density at radius 2 is 1.71 bits per heavy atom. The van der Waals surface area contributed by atoms with Gasteiger partial charge in [0.25, 0.3) is 0 Å². The Morgan fingerprint density at radius 1 is 1.00 bits per heavy atom. The molecule has 72 valence electrons. The zero-order chi connectivity index (χ0) is 9.97. The lowest BCUT2D eigenvalue weighted by Gasteiger charge is -2.09. The molecule has 1 aromatic carbocycles. The van der Waals surface area contributed by atoms with Gasteiger partial charge in [0.05, 0.1) is 0 Å². The topological polar surface area (TPSA) is 14.2 Å². The molecule has 0 saturated carbocycles. The molecule has 0 spiro atoms. The van der Waals surface area contributed by atoms with Crippen molar-refractivity contribution in [2.45, 2.75) is 13.8 Å². The third-order valence-corrected chi connectivity index (χ3v) is 2.34. The van der Waals surface area contributed by atoms with Gasteiger partial charge in [0.2, 0.25) is 0 Å². The monoisotopic (exact) mass is 187 g/mol. The second-order valence-electron chi connectivity index (χ2n) is 3.33. The maximum atomic E-state index is 5.65. The summed E-state index contributed by atoms with van der Waals surface area (Å²) < 4.78 is 1.70. The summed E-state index contributed by atoms with van der Waals surface area (Å²) in [6.07, 6.45) is 3.75. The van der Waals surface area contributed by atoms with E-state index in [2.05, 4.69) is 19.9 Å². The first-order valence-electron chi connectivity index (χ1n) is 4.65. The van der Waals surface area contributed by atoms with Crippen molar-refractivity contribution < 1.29 is 4.84 Å². The lowest BCUT2D eigenvalue weighted by Crippen LogP contribution is -2.03. The van der Waals surface area contributed by atoms with Gasteiger partial charge in [-0.25, -0.2) is 0 Å². The summed E-state index contributed by atoms with van der Waals surface area (Å²) in [5.41, 5.74) is 2.43. The maximum absolute atomic E-state index is 5.65. The minimum absolute atomic E-state index is 0.904. The Hall–Kier alpha value is -1.70. The molecule has 0 amide bonds. The number of hydrogen-bond donors (Lipinski definition) is 0. The van der Waals surface area contributed by atoms with Gasteiger partial charge < -0.3 is 4.84 Å². The molecule has 1 aromatic heterocycles. The lowest BCUT2D eigenvalue weighted by atomic mass is 10.1. The first-order chi connectivity index (χ1) is 6.77. The number of benzene rings is 1. The average Bonchev–Trinajstić information content (AvgIpc) is 2.66. The molecule has 0 N–H and O–H groups in total. The van der Waals surface area contributed by atoms with Gasteiger partial charge in [-0.05, 0) is 43.2 Å². The van der Waals surface area contributed by atoms with Crippen molar-refractivity contribution in [3.63, 3.8) is 0 Å². The second kappa shape index (κ2) is 3.58. The summed E-state index contributed by atoms with van der Waals surface area (Å²) in [4.78, 5) is 5.65. The van der Waals surface area contributed by atoms with E-state index in [9.17, 15) is 0 Å². The van der Waals surface area contributed by atoms with E-state index in [0.29, 0.717) is 0 Å². The minimum atomic E-state index is 0.904. The standard InChI is InChI=1S/C12H13NO/c1-10-6-5-7-12(11(10)2)14-13-8-3-4-9-13/h3-9H,1-2H3. The summed E-state index contributed by atoms with van der Waals surface area (Å²) in [6.45, 7) is 4.14. The zero-order valence-corrected chi connectivity index (χ0v) is 8.40. The van der Waals surface area contributed by atoms with Crippen molar-refractivity contribution in [2.24, 2.45) is 0 Å². The third-order valence-electron chi connectivity index (χ3n) is 2.34. The summed E-state index contributed by atoms with van der Waals surface area (Å²) in [5, 5.41) is 0. The predicted molar refractivity (Wildman–Crippen MR) is 56.4 cm³/mol. The highest BCUT2D eigenvalue weighted by molar-refractivity contribution is 5.38. The number of aromatic nitrogens is 1. The van der Waals surface area contributed by atoms with Gasteiger partial charge in [0.1, 0.15) is 0 Å². The highest BCUT2D eigenvalue weighted by Crippen LogP contribution is 2.20. The van der Waals surface area contributed by atoms with Gasteiger partial charge in [-0.2, -0.15) is 4.73 Å². The Labute approximate surface area is 83.7 Å². The van der Waals surface area contributed by atoms with E-state index in [4.69, 9.17) is 4.84 Å². The minimum Gasteiger partial charge on any atom is -0.376 e. The second-order valence-corrected chi connectivity index (χ2v) is 3.33. The van der Waals surface area contributed by atoms with Crippen LogP contribution in [0, 0.1) is 13.8 Å². The van der Waals surface area contributed by atoms with Crippen LogP contribution < -0.4 is 4.84 Å². The number of rotatable bonds is 2. The number of aryl methyl sites for hydroxylation is 1. The fraction of sp³-hybridized carbons (Fsp3) is 0.167. The van der Waals surface area contributed by atoms with Crippen LogP contribution in [-0.4, -0.2) is 4.73 Å². The van der Waals surface area contributed by atoms with E-state index < -0.39 is 0 Å².